The standard InChI is InChI=1S/C18H25NO3/c1-14(2)18(13-21)19(10-15-6-4-3-5-7-15)11-16-8-9-17(12-20)22-16/h3-9,14,18,20-21H,10-13H2,1-2H3. The van der Waals surface area contributed by atoms with E-state index < -0.39 is 0 Å². The normalized spacial score (nSPS) is 13.0. The first-order valence-electron chi connectivity index (χ1n) is 7.71. The summed E-state index contributed by atoms with van der Waals surface area (Å²) in [7, 11) is 0. The number of benzene rings is 1. The molecule has 0 amide bonds. The third kappa shape index (κ3) is 4.44. The monoisotopic (exact) mass is 303 g/mol. The van der Waals surface area contributed by atoms with Crippen LogP contribution in [0.25, 0.3) is 0 Å². The van der Waals surface area contributed by atoms with Gasteiger partial charge in [-0.25, -0.2) is 0 Å². The van der Waals surface area contributed by atoms with Crippen molar-refractivity contribution in [3.05, 3.63) is 59.5 Å². The fraction of sp³-hybridized carbons (Fsp3) is 0.444. The van der Waals surface area contributed by atoms with Crippen LogP contribution in [0.15, 0.2) is 46.9 Å². The van der Waals surface area contributed by atoms with Gasteiger partial charge in [-0.05, 0) is 23.6 Å². The van der Waals surface area contributed by atoms with Crippen LogP contribution in [0.2, 0.25) is 0 Å². The minimum Gasteiger partial charge on any atom is -0.462 e. The van der Waals surface area contributed by atoms with E-state index in [-0.39, 0.29) is 19.3 Å². The Morgan fingerprint density at radius 3 is 2.18 bits per heavy atom. The van der Waals surface area contributed by atoms with Crippen LogP contribution < -0.4 is 0 Å². The first-order valence-corrected chi connectivity index (χ1v) is 7.71. The maximum atomic E-state index is 9.76. The lowest BCUT2D eigenvalue weighted by Crippen LogP contribution is -2.40. The van der Waals surface area contributed by atoms with Crippen molar-refractivity contribution < 1.29 is 14.6 Å². The molecule has 0 saturated heterocycles. The van der Waals surface area contributed by atoms with Gasteiger partial charge in [0.25, 0.3) is 0 Å². The molecule has 0 bridgehead atoms. The Bertz CT molecular complexity index is 550. The van der Waals surface area contributed by atoms with Crippen molar-refractivity contribution in [2.45, 2.75) is 39.6 Å². The van der Waals surface area contributed by atoms with Gasteiger partial charge in [-0.15, -0.1) is 0 Å². The number of furan rings is 1. The van der Waals surface area contributed by atoms with E-state index in [4.69, 9.17) is 9.52 Å². The van der Waals surface area contributed by atoms with Crippen molar-refractivity contribution in [1.29, 1.82) is 0 Å². The van der Waals surface area contributed by atoms with Crippen LogP contribution in [-0.4, -0.2) is 27.8 Å². The van der Waals surface area contributed by atoms with Gasteiger partial charge in [0.2, 0.25) is 0 Å². The zero-order valence-corrected chi connectivity index (χ0v) is 13.3. The summed E-state index contributed by atoms with van der Waals surface area (Å²) in [6.07, 6.45) is 0. The second-order valence-corrected chi connectivity index (χ2v) is 5.91. The molecular formula is C18H25NO3. The van der Waals surface area contributed by atoms with Gasteiger partial charge in [-0.3, -0.25) is 4.90 Å². The molecule has 4 nitrogen and oxygen atoms in total. The minimum atomic E-state index is -0.0910. The molecule has 0 fully saturated rings. The van der Waals surface area contributed by atoms with E-state index in [1.807, 2.05) is 24.3 Å². The summed E-state index contributed by atoms with van der Waals surface area (Å²) in [5, 5.41) is 18.9. The number of nitrogens with zero attached hydrogens (tertiary/aromatic N) is 1. The summed E-state index contributed by atoms with van der Waals surface area (Å²) in [6.45, 7) is 5.60. The van der Waals surface area contributed by atoms with Gasteiger partial charge in [-0.2, -0.15) is 0 Å². The molecule has 1 heterocycles. The highest BCUT2D eigenvalue weighted by atomic mass is 16.4. The Kier molecular flexibility index (Phi) is 6.19. The quantitative estimate of drug-likeness (QED) is 0.787. The van der Waals surface area contributed by atoms with E-state index in [1.54, 1.807) is 6.07 Å². The van der Waals surface area contributed by atoms with Gasteiger partial charge < -0.3 is 14.6 Å². The first kappa shape index (κ1) is 16.7. The predicted molar refractivity (Wildman–Crippen MR) is 86.0 cm³/mol. The summed E-state index contributed by atoms with van der Waals surface area (Å²) in [5.41, 5.74) is 1.20. The Balaban J connectivity index is 2.16. The smallest absolute Gasteiger partial charge is 0.129 e. The van der Waals surface area contributed by atoms with Gasteiger partial charge in [0.05, 0.1) is 13.2 Å². The highest BCUT2D eigenvalue weighted by Gasteiger charge is 2.22. The van der Waals surface area contributed by atoms with Crippen LogP contribution in [-0.2, 0) is 19.7 Å². The summed E-state index contributed by atoms with van der Waals surface area (Å²) >= 11 is 0. The van der Waals surface area contributed by atoms with Crippen molar-refractivity contribution in [3.63, 3.8) is 0 Å². The number of aliphatic hydroxyl groups is 2. The van der Waals surface area contributed by atoms with Crippen LogP contribution in [0.5, 0.6) is 0 Å². The van der Waals surface area contributed by atoms with Gasteiger partial charge >= 0.3 is 0 Å². The fourth-order valence-electron chi connectivity index (χ4n) is 2.65. The number of rotatable bonds is 8. The average molecular weight is 303 g/mol. The topological polar surface area (TPSA) is 56.8 Å². The maximum Gasteiger partial charge on any atom is 0.129 e. The van der Waals surface area contributed by atoms with Gasteiger partial charge in [0.15, 0.2) is 0 Å². The highest BCUT2D eigenvalue weighted by Crippen LogP contribution is 2.19. The van der Waals surface area contributed by atoms with Crippen LogP contribution in [0, 0.1) is 5.92 Å². The van der Waals surface area contributed by atoms with E-state index in [2.05, 4.69) is 30.9 Å². The van der Waals surface area contributed by atoms with E-state index >= 15 is 0 Å². The molecule has 120 valence electrons. The lowest BCUT2D eigenvalue weighted by Gasteiger charge is -2.32. The van der Waals surface area contributed by atoms with E-state index in [9.17, 15) is 5.11 Å². The predicted octanol–water partition coefficient (Wildman–Crippen LogP) is 2.79. The number of hydrogen-bond donors (Lipinski definition) is 2. The lowest BCUT2D eigenvalue weighted by atomic mass is 10.0. The molecule has 1 unspecified atom stereocenters. The van der Waals surface area contributed by atoms with Gasteiger partial charge in [-0.1, -0.05) is 44.2 Å². The Morgan fingerprint density at radius 2 is 1.64 bits per heavy atom. The fourth-order valence-corrected chi connectivity index (χ4v) is 2.65. The zero-order chi connectivity index (χ0) is 15.9. The molecule has 1 aromatic heterocycles. The van der Waals surface area contributed by atoms with Crippen LogP contribution in [0.3, 0.4) is 0 Å². The summed E-state index contributed by atoms with van der Waals surface area (Å²) in [5.74, 6) is 1.71. The van der Waals surface area contributed by atoms with E-state index in [0.717, 1.165) is 12.3 Å². The molecule has 0 aliphatic rings. The molecule has 22 heavy (non-hydrogen) atoms. The average Bonchev–Trinajstić information content (AvgIpc) is 2.96. The van der Waals surface area contributed by atoms with E-state index in [1.165, 1.54) is 5.56 Å². The SMILES string of the molecule is CC(C)C(CO)N(Cc1ccccc1)Cc1ccc(CO)o1. The molecule has 2 aromatic rings. The molecule has 0 aliphatic carbocycles. The molecule has 0 saturated carbocycles. The zero-order valence-electron chi connectivity index (χ0n) is 13.3. The Morgan fingerprint density at radius 1 is 0.955 bits per heavy atom. The molecule has 1 atom stereocenters. The Hall–Kier alpha value is -1.62. The van der Waals surface area contributed by atoms with Crippen molar-refractivity contribution in [1.82, 2.24) is 4.90 Å². The molecule has 0 radical (unpaired) electrons. The van der Waals surface area contributed by atoms with Crippen molar-refractivity contribution in [2.24, 2.45) is 5.92 Å². The number of aliphatic hydroxyl groups excluding tert-OH is 2. The summed E-state index contributed by atoms with van der Waals surface area (Å²) < 4.78 is 5.60. The molecule has 1 aromatic carbocycles. The van der Waals surface area contributed by atoms with Crippen LogP contribution >= 0.6 is 0 Å². The molecule has 2 rings (SSSR count). The third-order valence-corrected chi connectivity index (χ3v) is 3.89. The van der Waals surface area contributed by atoms with Crippen LogP contribution in [0.1, 0.15) is 30.9 Å². The molecular weight excluding hydrogens is 278 g/mol. The molecule has 0 spiro atoms. The molecule has 0 aliphatic heterocycles. The van der Waals surface area contributed by atoms with Crippen molar-refractivity contribution >= 4 is 0 Å². The molecule has 2 N–H and O–H groups in total. The highest BCUT2D eigenvalue weighted by molar-refractivity contribution is 5.15. The van der Waals surface area contributed by atoms with Gasteiger partial charge in [0.1, 0.15) is 18.1 Å². The Labute approximate surface area is 132 Å². The first-order chi connectivity index (χ1) is 10.6. The minimum absolute atomic E-state index is 0.0582. The van der Waals surface area contributed by atoms with Crippen LogP contribution in [0.4, 0.5) is 0 Å². The third-order valence-electron chi connectivity index (χ3n) is 3.89. The lowest BCUT2D eigenvalue weighted by molar-refractivity contribution is 0.0719. The van der Waals surface area contributed by atoms with E-state index in [0.29, 0.717) is 18.2 Å². The number of hydrogen-bond acceptors (Lipinski definition) is 4. The summed E-state index contributed by atoms with van der Waals surface area (Å²) in [4.78, 5) is 2.22. The maximum absolute atomic E-state index is 9.76. The van der Waals surface area contributed by atoms with Gasteiger partial charge in [0, 0.05) is 12.6 Å². The summed E-state index contributed by atoms with van der Waals surface area (Å²) in [6, 6.07) is 14.0. The largest absolute Gasteiger partial charge is 0.462 e. The van der Waals surface area contributed by atoms with Crippen molar-refractivity contribution in [3.8, 4) is 0 Å². The van der Waals surface area contributed by atoms with Crippen molar-refractivity contribution in [2.75, 3.05) is 6.61 Å². The molecule has 4 heteroatoms. The second-order valence-electron chi connectivity index (χ2n) is 5.91. The second kappa shape index (κ2) is 8.13.